The summed E-state index contributed by atoms with van der Waals surface area (Å²) >= 11 is 0. The predicted octanol–water partition coefficient (Wildman–Crippen LogP) is 5.05. The Bertz CT molecular complexity index is 1080. The van der Waals surface area contributed by atoms with Crippen molar-refractivity contribution in [2.24, 2.45) is 0 Å². The van der Waals surface area contributed by atoms with Crippen LogP contribution in [0.1, 0.15) is 28.9 Å². The number of nitrogens with one attached hydrogen (secondary N) is 2. The number of anilines is 1. The molecule has 2 N–H and O–H groups in total. The molecular formula is C23H22FN3O. The number of carbonyl (C=O) groups excluding carboxylic acids is 1. The second kappa shape index (κ2) is 7.35. The summed E-state index contributed by atoms with van der Waals surface area (Å²) in [5.41, 5.74) is 4.03. The first-order chi connectivity index (χ1) is 13.5. The number of hydrogen-bond acceptors (Lipinski definition) is 2. The number of hydrogen-bond donors (Lipinski definition) is 2. The lowest BCUT2D eigenvalue weighted by Crippen LogP contribution is -2.29. The lowest BCUT2D eigenvalue weighted by molar-refractivity contribution is 0.102. The van der Waals surface area contributed by atoms with Crippen molar-refractivity contribution in [3.8, 4) is 0 Å². The van der Waals surface area contributed by atoms with Crippen LogP contribution < -0.4 is 5.32 Å². The molecule has 1 aliphatic rings. The maximum absolute atomic E-state index is 13.3. The van der Waals surface area contributed by atoms with Crippen LogP contribution in [-0.4, -0.2) is 28.9 Å². The SMILES string of the molecule is C=C(C)N1CC=C[C@@H](c2ccc3[nH]c(C(=O)Nc4cccc(F)c4)cc3c2)C1. The zero-order chi connectivity index (χ0) is 19.7. The van der Waals surface area contributed by atoms with Crippen molar-refractivity contribution in [3.05, 3.63) is 90.0 Å². The van der Waals surface area contributed by atoms with E-state index in [1.54, 1.807) is 12.1 Å². The van der Waals surface area contributed by atoms with E-state index in [-0.39, 0.29) is 17.6 Å². The maximum Gasteiger partial charge on any atom is 0.272 e. The van der Waals surface area contributed by atoms with Gasteiger partial charge in [-0.25, -0.2) is 4.39 Å². The topological polar surface area (TPSA) is 48.1 Å². The molecule has 2 heterocycles. The number of H-pyrrole nitrogens is 1. The fourth-order valence-electron chi connectivity index (χ4n) is 3.52. The molecule has 2 aromatic carbocycles. The van der Waals surface area contributed by atoms with E-state index in [0.29, 0.717) is 11.4 Å². The minimum Gasteiger partial charge on any atom is -0.371 e. The first-order valence-electron chi connectivity index (χ1n) is 9.26. The van der Waals surface area contributed by atoms with Gasteiger partial charge in [0, 0.05) is 41.3 Å². The van der Waals surface area contributed by atoms with Gasteiger partial charge in [0.05, 0.1) is 0 Å². The van der Waals surface area contributed by atoms with Gasteiger partial charge in [-0.3, -0.25) is 4.79 Å². The number of fused-ring (bicyclic) bond motifs is 1. The van der Waals surface area contributed by atoms with Crippen molar-refractivity contribution in [2.45, 2.75) is 12.8 Å². The number of aromatic nitrogens is 1. The predicted molar refractivity (Wildman–Crippen MR) is 111 cm³/mol. The normalized spacial score (nSPS) is 16.4. The number of benzene rings is 2. The van der Waals surface area contributed by atoms with Crippen molar-refractivity contribution < 1.29 is 9.18 Å². The van der Waals surface area contributed by atoms with Crippen LogP contribution in [0.25, 0.3) is 10.9 Å². The Morgan fingerprint density at radius 3 is 2.89 bits per heavy atom. The highest BCUT2D eigenvalue weighted by Crippen LogP contribution is 2.27. The van der Waals surface area contributed by atoms with Crippen LogP contribution in [0.2, 0.25) is 0 Å². The van der Waals surface area contributed by atoms with E-state index in [1.807, 2.05) is 19.1 Å². The summed E-state index contributed by atoms with van der Waals surface area (Å²) in [6, 6.07) is 13.9. The van der Waals surface area contributed by atoms with Crippen LogP contribution in [0, 0.1) is 5.82 Å². The number of rotatable bonds is 4. The molecule has 1 atom stereocenters. The number of allylic oxidation sites excluding steroid dienone is 1. The molecule has 0 spiro atoms. The molecule has 0 saturated carbocycles. The Morgan fingerprint density at radius 1 is 1.25 bits per heavy atom. The summed E-state index contributed by atoms with van der Waals surface area (Å²) in [6.45, 7) is 7.85. The van der Waals surface area contributed by atoms with Crippen LogP contribution in [0.3, 0.4) is 0 Å². The van der Waals surface area contributed by atoms with Crippen LogP contribution in [0.15, 0.2) is 73.0 Å². The first-order valence-corrected chi connectivity index (χ1v) is 9.26. The van der Waals surface area contributed by atoms with Crippen molar-refractivity contribution >= 4 is 22.5 Å². The van der Waals surface area contributed by atoms with Gasteiger partial charge in [0.15, 0.2) is 0 Å². The minimum atomic E-state index is -0.386. The summed E-state index contributed by atoms with van der Waals surface area (Å²) in [7, 11) is 0. The molecule has 5 heteroatoms. The van der Waals surface area contributed by atoms with Crippen LogP contribution in [0.5, 0.6) is 0 Å². The molecule has 1 aromatic heterocycles. The van der Waals surface area contributed by atoms with E-state index in [1.165, 1.54) is 17.7 Å². The third-order valence-corrected chi connectivity index (χ3v) is 5.05. The van der Waals surface area contributed by atoms with Crippen molar-refractivity contribution in [1.29, 1.82) is 0 Å². The fourth-order valence-corrected chi connectivity index (χ4v) is 3.52. The molecule has 0 aliphatic carbocycles. The van der Waals surface area contributed by atoms with Gasteiger partial charge < -0.3 is 15.2 Å². The highest BCUT2D eigenvalue weighted by molar-refractivity contribution is 6.06. The van der Waals surface area contributed by atoms with E-state index >= 15 is 0 Å². The molecule has 4 nitrogen and oxygen atoms in total. The lowest BCUT2D eigenvalue weighted by atomic mass is 9.94. The summed E-state index contributed by atoms with van der Waals surface area (Å²) in [6.07, 6.45) is 4.40. The average molecular weight is 375 g/mol. The average Bonchev–Trinajstić information content (AvgIpc) is 3.11. The molecule has 142 valence electrons. The quantitative estimate of drug-likeness (QED) is 0.627. The lowest BCUT2D eigenvalue weighted by Gasteiger charge is -2.31. The highest BCUT2D eigenvalue weighted by atomic mass is 19.1. The highest BCUT2D eigenvalue weighted by Gasteiger charge is 2.18. The summed E-state index contributed by atoms with van der Waals surface area (Å²) in [5.74, 6) is -0.396. The third kappa shape index (κ3) is 3.69. The van der Waals surface area contributed by atoms with Crippen molar-refractivity contribution in [3.63, 3.8) is 0 Å². The van der Waals surface area contributed by atoms with Crippen molar-refractivity contribution in [1.82, 2.24) is 9.88 Å². The Labute approximate surface area is 163 Å². The number of amides is 1. The Morgan fingerprint density at radius 2 is 2.11 bits per heavy atom. The largest absolute Gasteiger partial charge is 0.371 e. The molecule has 4 rings (SSSR count). The van der Waals surface area contributed by atoms with Crippen LogP contribution in [0.4, 0.5) is 10.1 Å². The Balaban J connectivity index is 1.56. The molecule has 0 radical (unpaired) electrons. The van der Waals surface area contributed by atoms with Crippen LogP contribution >= 0.6 is 0 Å². The molecule has 3 aromatic rings. The molecule has 1 amide bonds. The van der Waals surface area contributed by atoms with Gasteiger partial charge in [-0.05, 0) is 48.9 Å². The summed E-state index contributed by atoms with van der Waals surface area (Å²) in [4.78, 5) is 17.9. The zero-order valence-corrected chi connectivity index (χ0v) is 15.7. The van der Waals surface area contributed by atoms with Gasteiger partial charge in [0.2, 0.25) is 0 Å². The van der Waals surface area contributed by atoms with Gasteiger partial charge in [-0.15, -0.1) is 0 Å². The van der Waals surface area contributed by atoms with E-state index in [9.17, 15) is 9.18 Å². The summed E-state index contributed by atoms with van der Waals surface area (Å²) < 4.78 is 13.3. The smallest absolute Gasteiger partial charge is 0.272 e. The monoisotopic (exact) mass is 375 g/mol. The second-order valence-corrected chi connectivity index (χ2v) is 7.17. The molecule has 0 fully saturated rings. The fraction of sp³-hybridized carbons (Fsp3) is 0.174. The van der Waals surface area contributed by atoms with E-state index in [4.69, 9.17) is 0 Å². The summed E-state index contributed by atoms with van der Waals surface area (Å²) in [5, 5.41) is 3.69. The van der Waals surface area contributed by atoms with Crippen LogP contribution in [-0.2, 0) is 0 Å². The number of nitrogens with zero attached hydrogens (tertiary/aromatic N) is 1. The Kier molecular flexibility index (Phi) is 4.74. The first kappa shape index (κ1) is 18.0. The van der Waals surface area contributed by atoms with E-state index in [2.05, 4.69) is 46.1 Å². The molecule has 0 bridgehead atoms. The maximum atomic E-state index is 13.3. The van der Waals surface area contributed by atoms with Gasteiger partial charge in [-0.1, -0.05) is 30.9 Å². The minimum absolute atomic E-state index is 0.286. The second-order valence-electron chi connectivity index (χ2n) is 7.17. The van der Waals surface area contributed by atoms with Gasteiger partial charge >= 0.3 is 0 Å². The number of aromatic amines is 1. The zero-order valence-electron chi connectivity index (χ0n) is 15.7. The van der Waals surface area contributed by atoms with Gasteiger partial charge in [0.25, 0.3) is 5.91 Å². The molecule has 28 heavy (non-hydrogen) atoms. The molecule has 0 saturated heterocycles. The molecule has 1 aliphatic heterocycles. The molecular weight excluding hydrogens is 353 g/mol. The standard InChI is InChI=1S/C23H22FN3O/c1-15(2)27-10-4-5-17(14-27)16-8-9-21-18(11-16)12-22(26-21)23(28)25-20-7-3-6-19(24)13-20/h3-9,11-13,17,26H,1,10,14H2,2H3,(H,25,28)/t17-/m1/s1. The van der Waals surface area contributed by atoms with Gasteiger partial charge in [0.1, 0.15) is 11.5 Å². The Hall–Kier alpha value is -3.34. The van der Waals surface area contributed by atoms with E-state index in [0.717, 1.165) is 29.7 Å². The number of halogens is 1. The number of carbonyl (C=O) groups is 1. The van der Waals surface area contributed by atoms with Gasteiger partial charge in [-0.2, -0.15) is 0 Å². The third-order valence-electron chi connectivity index (χ3n) is 5.05. The van der Waals surface area contributed by atoms with E-state index < -0.39 is 0 Å². The van der Waals surface area contributed by atoms with Crippen molar-refractivity contribution in [2.75, 3.05) is 18.4 Å². The molecule has 0 unspecified atom stereocenters.